The van der Waals surface area contributed by atoms with E-state index in [1.165, 1.54) is 50.3 Å². The number of Topliss-reactive ketones (excluding diaryl/α,β-unsaturated/α-hetero) is 1. The molecule has 256 valence electrons. The first-order valence-electron chi connectivity index (χ1n) is 18.8. The molecule has 1 aromatic heterocycles. The number of benzene rings is 2. The Kier molecular flexibility index (Phi) is 8.16. The van der Waals surface area contributed by atoms with Crippen LogP contribution in [-0.2, 0) is 16.0 Å². The second-order valence-corrected chi connectivity index (χ2v) is 17.2. The van der Waals surface area contributed by atoms with Crippen LogP contribution in [0.25, 0.3) is 10.8 Å². The number of imidazole rings is 1. The summed E-state index contributed by atoms with van der Waals surface area (Å²) in [5.74, 6) is 3.92. The minimum atomic E-state index is -0.322. The van der Waals surface area contributed by atoms with Gasteiger partial charge in [-0.15, -0.1) is 0 Å². The Morgan fingerprint density at radius 2 is 1.83 bits per heavy atom. The van der Waals surface area contributed by atoms with Crippen LogP contribution in [0.3, 0.4) is 0 Å². The second kappa shape index (κ2) is 11.9. The second-order valence-electron chi connectivity index (χ2n) is 17.2. The van der Waals surface area contributed by atoms with Crippen LogP contribution in [0, 0.1) is 46.3 Å². The zero-order valence-electron chi connectivity index (χ0n) is 29.2. The van der Waals surface area contributed by atoms with Gasteiger partial charge in [0.05, 0.1) is 12.7 Å². The van der Waals surface area contributed by atoms with E-state index in [0.717, 1.165) is 48.2 Å². The van der Waals surface area contributed by atoms with Crippen molar-refractivity contribution in [3.05, 3.63) is 78.4 Å². The summed E-state index contributed by atoms with van der Waals surface area (Å²) >= 11 is 0. The van der Waals surface area contributed by atoms with Crippen LogP contribution in [-0.4, -0.2) is 28.8 Å². The minimum absolute atomic E-state index is 0. The van der Waals surface area contributed by atoms with E-state index in [0.29, 0.717) is 47.3 Å². The summed E-state index contributed by atoms with van der Waals surface area (Å²) in [6.07, 6.45) is 20.6. The molecule has 0 unspecified atom stereocenters. The fourth-order valence-corrected chi connectivity index (χ4v) is 12.3. The van der Waals surface area contributed by atoms with E-state index in [1.807, 2.05) is 24.3 Å². The number of allylic oxidation sites excluding steroid dienone is 2. The molecule has 0 radical (unpaired) electrons. The molecule has 6 heteroatoms. The van der Waals surface area contributed by atoms with Crippen LogP contribution in [0.2, 0.25) is 0 Å². The first kappa shape index (κ1) is 32.9. The van der Waals surface area contributed by atoms with E-state index in [1.54, 1.807) is 5.57 Å². The summed E-state index contributed by atoms with van der Waals surface area (Å²) in [6.45, 7) is 11.3. The van der Waals surface area contributed by atoms with E-state index in [9.17, 15) is 4.79 Å². The molecule has 2 saturated heterocycles. The lowest BCUT2D eigenvalue weighted by Gasteiger charge is -2.58. The molecule has 3 aromatic rings. The molecule has 48 heavy (non-hydrogen) atoms. The van der Waals surface area contributed by atoms with Crippen molar-refractivity contribution in [1.29, 1.82) is 0 Å². The zero-order valence-corrected chi connectivity index (χ0v) is 30.8. The van der Waals surface area contributed by atoms with Gasteiger partial charge >= 0.3 is 0 Å². The fourth-order valence-electron chi connectivity index (χ4n) is 12.3. The monoisotopic (exact) mass is 712 g/mol. The molecule has 5 fully saturated rings. The third kappa shape index (κ3) is 4.97. The molecule has 3 saturated carbocycles. The molecule has 2 aromatic carbocycles. The third-order valence-electron chi connectivity index (χ3n) is 14.9. The summed E-state index contributed by atoms with van der Waals surface area (Å²) in [4.78, 5) is 13.2. The van der Waals surface area contributed by atoms with Crippen molar-refractivity contribution in [3.8, 4) is 0 Å². The summed E-state index contributed by atoms with van der Waals surface area (Å²) in [6, 6.07) is 14.8. The quantitative estimate of drug-likeness (QED) is 0.198. The molecule has 9 rings (SSSR count). The van der Waals surface area contributed by atoms with Crippen molar-refractivity contribution < 1.29 is 35.8 Å². The zero-order chi connectivity index (χ0) is 32.1. The Morgan fingerprint density at radius 1 is 1.00 bits per heavy atom. The van der Waals surface area contributed by atoms with Crippen LogP contribution in [0.4, 0.5) is 0 Å². The highest BCUT2D eigenvalue weighted by molar-refractivity contribution is 5.99. The lowest BCUT2D eigenvalue weighted by molar-refractivity contribution is -0.682. The molecule has 3 heterocycles. The lowest BCUT2D eigenvalue weighted by atomic mass is 9.46. The molecular formula is C42H53BrN2O3. The molecule has 6 aliphatic rings. The maximum absolute atomic E-state index is 13.2. The van der Waals surface area contributed by atoms with Crippen molar-refractivity contribution in [2.45, 2.75) is 110 Å². The number of carbonyl (C=O) groups excluding carboxylic acids is 1. The van der Waals surface area contributed by atoms with Gasteiger partial charge in [0.25, 0.3) is 0 Å². The van der Waals surface area contributed by atoms with Gasteiger partial charge in [-0.1, -0.05) is 75.7 Å². The maximum atomic E-state index is 13.2. The van der Waals surface area contributed by atoms with Crippen molar-refractivity contribution in [1.82, 2.24) is 4.57 Å². The molecule has 2 aliphatic heterocycles. The SMILES string of the molecule is C[C@@H]1CC[C@@]2(OC1)O[C@H]1C[C@H]3[C@@H]4CC=C5C[C@H](n6cc[n+](CC(=O)c7ccc8ccccc8c7)c6)CC[C@]5(C)[C@H]4CC[C@]3(C)[C@H]1[C@@H]2C.[Br-]. The molecule has 1 spiro atoms. The van der Waals surface area contributed by atoms with Gasteiger partial charge < -0.3 is 26.5 Å². The molecule has 5 nitrogen and oxygen atoms in total. The van der Waals surface area contributed by atoms with Crippen molar-refractivity contribution in [2.24, 2.45) is 46.3 Å². The van der Waals surface area contributed by atoms with E-state index in [-0.39, 0.29) is 28.6 Å². The highest BCUT2D eigenvalue weighted by Crippen LogP contribution is 2.71. The van der Waals surface area contributed by atoms with Gasteiger partial charge in [0, 0.05) is 24.3 Å². The molecular weight excluding hydrogens is 660 g/mol. The topological polar surface area (TPSA) is 44.3 Å². The summed E-state index contributed by atoms with van der Waals surface area (Å²) in [5.41, 5.74) is 3.16. The van der Waals surface area contributed by atoms with Gasteiger partial charge in [0.1, 0.15) is 18.4 Å². The van der Waals surface area contributed by atoms with Crippen LogP contribution in [0.15, 0.2) is 72.8 Å². The Morgan fingerprint density at radius 3 is 2.65 bits per heavy atom. The largest absolute Gasteiger partial charge is 1.00 e. The summed E-state index contributed by atoms with van der Waals surface area (Å²) < 4.78 is 18.0. The third-order valence-corrected chi connectivity index (χ3v) is 14.9. The minimum Gasteiger partial charge on any atom is -1.00 e. The van der Waals surface area contributed by atoms with Crippen molar-refractivity contribution in [3.63, 3.8) is 0 Å². The highest BCUT2D eigenvalue weighted by atomic mass is 79.9. The van der Waals surface area contributed by atoms with Gasteiger partial charge in [-0.25, -0.2) is 9.13 Å². The Bertz CT molecular complexity index is 1740. The van der Waals surface area contributed by atoms with Gasteiger partial charge in [-0.3, -0.25) is 4.79 Å². The standard InChI is InChI=1S/C42H53N2O3.BrH/c1-27-13-18-42(46-25-27)28(2)39-38(47-42)23-36-34-12-11-32-22-33(14-16-40(32,3)35(34)15-17-41(36,39)4)44-20-19-43(26-44)24-37(45)31-10-9-29-7-5-6-8-30(29)21-31;/h5-11,19-21,26-28,33-36,38-39H,12-18,22-25H2,1-4H3;1H/q+1;/p-1/t27-,28+,33-,34-,35+,36+,38+,39+,40+,41+,42-;/m1./s1. The Hall–Kier alpha value is -2.28. The average Bonchev–Trinajstić information content (AvgIpc) is 3.74. The smallest absolute Gasteiger partial charge is 0.244 e. The average molecular weight is 714 g/mol. The number of ketones is 1. The number of rotatable bonds is 4. The van der Waals surface area contributed by atoms with E-state index in [2.05, 4.69) is 79.8 Å². The van der Waals surface area contributed by atoms with E-state index >= 15 is 0 Å². The number of hydrogen-bond donors (Lipinski definition) is 0. The predicted molar refractivity (Wildman–Crippen MR) is 184 cm³/mol. The molecule has 0 N–H and O–H groups in total. The first-order valence-corrected chi connectivity index (χ1v) is 18.8. The predicted octanol–water partition coefficient (Wildman–Crippen LogP) is 5.72. The molecule has 4 aliphatic carbocycles. The van der Waals surface area contributed by atoms with Crippen LogP contribution in [0.1, 0.15) is 102 Å². The number of ether oxygens (including phenoxy) is 2. The molecule has 11 atom stereocenters. The number of carbonyl (C=O) groups is 1. The number of aromatic nitrogens is 2. The van der Waals surface area contributed by atoms with Crippen molar-refractivity contribution in [2.75, 3.05) is 6.61 Å². The number of fused-ring (bicyclic) bond motifs is 8. The van der Waals surface area contributed by atoms with Crippen molar-refractivity contribution >= 4 is 16.6 Å². The maximum Gasteiger partial charge on any atom is 0.244 e. The van der Waals surface area contributed by atoms with E-state index in [4.69, 9.17) is 9.47 Å². The van der Waals surface area contributed by atoms with E-state index < -0.39 is 0 Å². The van der Waals surface area contributed by atoms with Gasteiger partial charge in [-0.2, -0.15) is 0 Å². The van der Waals surface area contributed by atoms with Gasteiger partial charge in [0.2, 0.25) is 12.1 Å². The van der Waals surface area contributed by atoms with Gasteiger partial charge in [0.15, 0.2) is 12.3 Å². The highest BCUT2D eigenvalue weighted by Gasteiger charge is 2.68. The lowest BCUT2D eigenvalue weighted by Crippen LogP contribution is -3.00. The summed E-state index contributed by atoms with van der Waals surface area (Å²) in [5, 5.41) is 2.29. The number of halogens is 1. The fraction of sp³-hybridized carbons (Fsp3) is 0.619. The Balaban J connectivity index is 0.00000336. The normalized spacial score (nSPS) is 41.5. The first-order chi connectivity index (χ1) is 22.7. The van der Waals surface area contributed by atoms with Crippen LogP contribution < -0.4 is 21.5 Å². The Labute approximate surface area is 297 Å². The van der Waals surface area contributed by atoms with Crippen LogP contribution >= 0.6 is 0 Å². The molecule has 0 amide bonds. The summed E-state index contributed by atoms with van der Waals surface area (Å²) in [7, 11) is 0. The number of nitrogens with zero attached hydrogens (tertiary/aromatic N) is 2. The van der Waals surface area contributed by atoms with Crippen LogP contribution in [0.5, 0.6) is 0 Å². The number of hydrogen-bond acceptors (Lipinski definition) is 3. The van der Waals surface area contributed by atoms with Gasteiger partial charge in [-0.05, 0) is 102 Å². The molecule has 0 bridgehead atoms.